The van der Waals surface area contributed by atoms with E-state index in [1.54, 1.807) is 24.1 Å². The number of hydrogen-bond donors (Lipinski definition) is 0. The van der Waals surface area contributed by atoms with Gasteiger partial charge in [-0.1, -0.05) is 26.3 Å². The molecule has 26 heavy (non-hydrogen) atoms. The number of carbonyl (C=O) groups is 1. The van der Waals surface area contributed by atoms with Gasteiger partial charge in [0.1, 0.15) is 5.52 Å². The van der Waals surface area contributed by atoms with Crippen molar-refractivity contribution in [1.82, 2.24) is 14.9 Å². The number of oxazole rings is 1. The molecule has 0 saturated carbocycles. The molecule has 0 radical (unpaired) electrons. The number of unbranched alkanes of at least 4 members (excludes halogenated alkanes) is 1. The number of fused-ring (bicyclic) bond motifs is 1. The third-order valence-electron chi connectivity index (χ3n) is 4.46. The van der Waals surface area contributed by atoms with E-state index in [9.17, 15) is 4.79 Å². The second-order valence-corrected chi connectivity index (χ2v) is 6.57. The highest BCUT2D eigenvalue weighted by atomic mass is 16.3. The summed E-state index contributed by atoms with van der Waals surface area (Å²) in [7, 11) is 1.79. The van der Waals surface area contributed by atoms with Gasteiger partial charge in [0, 0.05) is 25.2 Å². The van der Waals surface area contributed by atoms with Gasteiger partial charge in [0.15, 0.2) is 11.5 Å². The van der Waals surface area contributed by atoms with Crippen LogP contribution in [0.4, 0.5) is 0 Å². The SMILES string of the molecule is CCCCc1nc2cc(C(=O)N(C)Cc3ccc(CC)cn3)ccc2o1. The molecule has 0 aliphatic heterocycles. The van der Waals surface area contributed by atoms with Gasteiger partial charge in [0.2, 0.25) is 0 Å². The van der Waals surface area contributed by atoms with Gasteiger partial charge in [-0.15, -0.1) is 0 Å². The molecule has 0 aliphatic rings. The van der Waals surface area contributed by atoms with E-state index in [0.717, 1.165) is 48.4 Å². The molecular weight excluding hydrogens is 326 g/mol. The Kier molecular flexibility index (Phi) is 5.66. The molecule has 5 heteroatoms. The highest BCUT2D eigenvalue weighted by molar-refractivity contribution is 5.96. The molecule has 5 nitrogen and oxygen atoms in total. The first kappa shape index (κ1) is 18.1. The molecule has 2 heterocycles. The number of amides is 1. The largest absolute Gasteiger partial charge is 0.441 e. The molecule has 0 atom stereocenters. The molecule has 0 unspecified atom stereocenters. The van der Waals surface area contributed by atoms with Gasteiger partial charge in [-0.2, -0.15) is 0 Å². The Morgan fingerprint density at radius 3 is 2.73 bits per heavy atom. The standard InChI is InChI=1S/C21H25N3O2/c1-4-6-7-20-23-18-12-16(9-11-19(18)26-20)21(25)24(3)14-17-10-8-15(5-2)13-22-17/h8-13H,4-7,14H2,1-3H3. The average molecular weight is 351 g/mol. The van der Waals surface area contributed by atoms with Crippen molar-refractivity contribution in [3.05, 3.63) is 59.2 Å². The quantitative estimate of drug-likeness (QED) is 0.633. The Bertz CT molecular complexity index is 884. The van der Waals surface area contributed by atoms with Gasteiger partial charge >= 0.3 is 0 Å². The molecule has 0 saturated heterocycles. The zero-order valence-electron chi connectivity index (χ0n) is 15.7. The molecule has 0 spiro atoms. The van der Waals surface area contributed by atoms with Crippen LogP contribution in [0, 0.1) is 0 Å². The Balaban J connectivity index is 1.72. The van der Waals surface area contributed by atoms with E-state index in [4.69, 9.17) is 4.42 Å². The van der Waals surface area contributed by atoms with E-state index in [2.05, 4.69) is 29.9 Å². The number of aromatic nitrogens is 2. The number of nitrogens with zero attached hydrogens (tertiary/aromatic N) is 3. The van der Waals surface area contributed by atoms with E-state index < -0.39 is 0 Å². The summed E-state index contributed by atoms with van der Waals surface area (Å²) in [5, 5.41) is 0. The molecule has 0 fully saturated rings. The van der Waals surface area contributed by atoms with Gasteiger partial charge in [-0.25, -0.2) is 4.98 Å². The number of benzene rings is 1. The van der Waals surface area contributed by atoms with Crippen molar-refractivity contribution in [2.75, 3.05) is 7.05 Å². The van der Waals surface area contributed by atoms with Crippen molar-refractivity contribution in [2.45, 2.75) is 46.1 Å². The van der Waals surface area contributed by atoms with E-state index >= 15 is 0 Å². The first-order chi connectivity index (χ1) is 12.6. The molecule has 3 aromatic rings. The molecule has 136 valence electrons. The maximum Gasteiger partial charge on any atom is 0.254 e. The van der Waals surface area contributed by atoms with Crippen molar-refractivity contribution in [3.8, 4) is 0 Å². The molecule has 1 amide bonds. The highest BCUT2D eigenvalue weighted by Gasteiger charge is 2.15. The second kappa shape index (κ2) is 8.13. The smallest absolute Gasteiger partial charge is 0.254 e. The average Bonchev–Trinajstić information content (AvgIpc) is 3.08. The minimum absolute atomic E-state index is 0.0497. The van der Waals surface area contributed by atoms with Crippen molar-refractivity contribution < 1.29 is 9.21 Å². The van der Waals surface area contributed by atoms with Crippen molar-refractivity contribution in [1.29, 1.82) is 0 Å². The van der Waals surface area contributed by atoms with E-state index in [-0.39, 0.29) is 5.91 Å². The van der Waals surface area contributed by atoms with Crippen LogP contribution >= 0.6 is 0 Å². The summed E-state index contributed by atoms with van der Waals surface area (Å²) in [6.45, 7) is 4.71. The molecule has 2 aromatic heterocycles. The minimum atomic E-state index is -0.0497. The Hall–Kier alpha value is -2.69. The molecule has 0 N–H and O–H groups in total. The van der Waals surface area contributed by atoms with Gasteiger partial charge < -0.3 is 9.32 Å². The Labute approximate surface area is 154 Å². The van der Waals surface area contributed by atoms with Crippen molar-refractivity contribution in [3.63, 3.8) is 0 Å². The Morgan fingerprint density at radius 1 is 1.19 bits per heavy atom. The fraction of sp³-hybridized carbons (Fsp3) is 0.381. The first-order valence-electron chi connectivity index (χ1n) is 9.19. The van der Waals surface area contributed by atoms with Crippen LogP contribution < -0.4 is 0 Å². The fourth-order valence-electron chi connectivity index (χ4n) is 2.84. The molecule has 1 aromatic carbocycles. The van der Waals surface area contributed by atoms with Crippen LogP contribution in [0.3, 0.4) is 0 Å². The lowest BCUT2D eigenvalue weighted by atomic mass is 10.1. The first-order valence-corrected chi connectivity index (χ1v) is 9.19. The Morgan fingerprint density at radius 2 is 2.04 bits per heavy atom. The third kappa shape index (κ3) is 4.10. The summed E-state index contributed by atoms with van der Waals surface area (Å²) >= 11 is 0. The number of carbonyl (C=O) groups excluding carboxylic acids is 1. The minimum Gasteiger partial charge on any atom is -0.441 e. The van der Waals surface area contributed by atoms with Gasteiger partial charge in [0.05, 0.1) is 12.2 Å². The van der Waals surface area contributed by atoms with Crippen LogP contribution in [-0.4, -0.2) is 27.8 Å². The van der Waals surface area contributed by atoms with Crippen LogP contribution in [0.25, 0.3) is 11.1 Å². The summed E-state index contributed by atoms with van der Waals surface area (Å²) in [6.07, 6.45) is 5.80. The van der Waals surface area contributed by atoms with Crippen LogP contribution in [-0.2, 0) is 19.4 Å². The topological polar surface area (TPSA) is 59.2 Å². The maximum atomic E-state index is 12.7. The summed E-state index contributed by atoms with van der Waals surface area (Å²) < 4.78 is 5.74. The summed E-state index contributed by atoms with van der Waals surface area (Å²) in [6, 6.07) is 9.46. The molecular formula is C21H25N3O2. The van der Waals surface area contributed by atoms with Gasteiger partial charge in [0.25, 0.3) is 5.91 Å². The summed E-state index contributed by atoms with van der Waals surface area (Å²) in [4.78, 5) is 23.3. The third-order valence-corrected chi connectivity index (χ3v) is 4.46. The van der Waals surface area contributed by atoms with Gasteiger partial charge in [-0.3, -0.25) is 9.78 Å². The molecule has 3 rings (SSSR count). The second-order valence-electron chi connectivity index (χ2n) is 6.57. The van der Waals surface area contributed by atoms with Crippen molar-refractivity contribution >= 4 is 17.0 Å². The fourth-order valence-corrected chi connectivity index (χ4v) is 2.84. The number of aryl methyl sites for hydroxylation is 2. The summed E-state index contributed by atoms with van der Waals surface area (Å²) in [5.74, 6) is 0.686. The van der Waals surface area contributed by atoms with Crippen LogP contribution in [0.15, 0.2) is 40.9 Å². The monoisotopic (exact) mass is 351 g/mol. The number of rotatable bonds is 7. The number of pyridine rings is 1. The van der Waals surface area contributed by atoms with Crippen LogP contribution in [0.5, 0.6) is 0 Å². The van der Waals surface area contributed by atoms with Crippen LogP contribution in [0.1, 0.15) is 54.2 Å². The van der Waals surface area contributed by atoms with E-state index in [1.807, 2.05) is 18.3 Å². The van der Waals surface area contributed by atoms with E-state index in [0.29, 0.717) is 12.1 Å². The normalized spacial score (nSPS) is 11.0. The molecule has 0 aliphatic carbocycles. The van der Waals surface area contributed by atoms with Crippen LogP contribution in [0.2, 0.25) is 0 Å². The molecule has 0 bridgehead atoms. The lowest BCUT2D eigenvalue weighted by Gasteiger charge is -2.17. The zero-order valence-corrected chi connectivity index (χ0v) is 15.7. The zero-order chi connectivity index (χ0) is 18.5. The maximum absolute atomic E-state index is 12.7. The predicted molar refractivity (Wildman–Crippen MR) is 102 cm³/mol. The van der Waals surface area contributed by atoms with Gasteiger partial charge in [-0.05, 0) is 42.7 Å². The predicted octanol–water partition coefficient (Wildman–Crippen LogP) is 4.40. The van der Waals surface area contributed by atoms with E-state index in [1.165, 1.54) is 5.56 Å². The lowest BCUT2D eigenvalue weighted by molar-refractivity contribution is 0.0783. The summed E-state index contributed by atoms with van der Waals surface area (Å²) in [5.41, 5.74) is 4.15. The lowest BCUT2D eigenvalue weighted by Crippen LogP contribution is -2.26. The van der Waals surface area contributed by atoms with Crippen molar-refractivity contribution in [2.24, 2.45) is 0 Å². The number of hydrogen-bond acceptors (Lipinski definition) is 4. The highest BCUT2D eigenvalue weighted by Crippen LogP contribution is 2.19.